The van der Waals surface area contributed by atoms with Crippen molar-refractivity contribution in [1.82, 2.24) is 0 Å². The Balaban J connectivity index is 3.12. The molecule has 0 heterocycles. The van der Waals surface area contributed by atoms with Gasteiger partial charge in [0, 0.05) is 6.04 Å². The Labute approximate surface area is 94.6 Å². The number of nitrogens with one attached hydrogen (secondary N) is 1. The third-order valence-electron chi connectivity index (χ3n) is 2.42. The van der Waals surface area contributed by atoms with Gasteiger partial charge in [0.05, 0.1) is 12.0 Å². The number of nitro groups is 1. The van der Waals surface area contributed by atoms with Gasteiger partial charge in [0.1, 0.15) is 5.69 Å². The standard InChI is InChI=1S/C11H16N2O3/c1-4-8(2)12-9-6-5-7-10(16-3)11(9)13(14)15/h5-8,12H,4H2,1-3H3. The van der Waals surface area contributed by atoms with Gasteiger partial charge < -0.3 is 10.1 Å². The van der Waals surface area contributed by atoms with Crippen LogP contribution in [-0.4, -0.2) is 18.1 Å². The molecule has 5 heteroatoms. The lowest BCUT2D eigenvalue weighted by Gasteiger charge is -2.14. The van der Waals surface area contributed by atoms with Crippen molar-refractivity contribution in [1.29, 1.82) is 0 Å². The zero-order valence-corrected chi connectivity index (χ0v) is 9.69. The van der Waals surface area contributed by atoms with Crippen LogP contribution in [0.3, 0.4) is 0 Å². The van der Waals surface area contributed by atoms with Crippen molar-refractivity contribution in [3.8, 4) is 5.75 Å². The predicted octanol–water partition coefficient (Wildman–Crippen LogP) is 2.81. The van der Waals surface area contributed by atoms with Crippen molar-refractivity contribution in [3.05, 3.63) is 28.3 Å². The Kier molecular flexibility index (Phi) is 4.10. The first-order chi connectivity index (χ1) is 7.60. The number of methoxy groups -OCH3 is 1. The van der Waals surface area contributed by atoms with Crippen molar-refractivity contribution in [2.24, 2.45) is 0 Å². The molecule has 0 aliphatic rings. The Morgan fingerprint density at radius 3 is 2.75 bits per heavy atom. The van der Waals surface area contributed by atoms with Gasteiger partial charge in [0.15, 0.2) is 5.75 Å². The van der Waals surface area contributed by atoms with Crippen molar-refractivity contribution in [3.63, 3.8) is 0 Å². The third-order valence-corrected chi connectivity index (χ3v) is 2.42. The fourth-order valence-corrected chi connectivity index (χ4v) is 1.36. The van der Waals surface area contributed by atoms with E-state index in [0.29, 0.717) is 5.69 Å². The minimum atomic E-state index is -0.427. The first kappa shape index (κ1) is 12.3. The van der Waals surface area contributed by atoms with E-state index in [1.54, 1.807) is 18.2 Å². The largest absolute Gasteiger partial charge is 0.490 e. The van der Waals surface area contributed by atoms with Gasteiger partial charge in [-0.1, -0.05) is 13.0 Å². The third kappa shape index (κ3) is 2.62. The molecule has 0 bridgehead atoms. The van der Waals surface area contributed by atoms with Gasteiger partial charge in [-0.2, -0.15) is 0 Å². The van der Waals surface area contributed by atoms with Crippen molar-refractivity contribution < 1.29 is 9.66 Å². The Hall–Kier alpha value is -1.78. The molecule has 1 aromatic rings. The summed E-state index contributed by atoms with van der Waals surface area (Å²) in [5.74, 6) is 0.276. The van der Waals surface area contributed by atoms with Gasteiger partial charge in [0.25, 0.3) is 0 Å². The Morgan fingerprint density at radius 2 is 2.25 bits per heavy atom. The molecule has 5 nitrogen and oxygen atoms in total. The average Bonchev–Trinajstić information content (AvgIpc) is 2.28. The number of benzene rings is 1. The van der Waals surface area contributed by atoms with E-state index in [1.165, 1.54) is 7.11 Å². The van der Waals surface area contributed by atoms with Crippen LogP contribution in [0.25, 0.3) is 0 Å². The molecule has 1 N–H and O–H groups in total. The second kappa shape index (κ2) is 5.34. The molecule has 1 atom stereocenters. The molecular weight excluding hydrogens is 208 g/mol. The van der Waals surface area contributed by atoms with Crippen LogP contribution in [0, 0.1) is 10.1 Å². The molecule has 0 aromatic heterocycles. The highest BCUT2D eigenvalue weighted by atomic mass is 16.6. The minimum absolute atomic E-state index is 0.00898. The second-order valence-electron chi connectivity index (χ2n) is 3.57. The highest BCUT2D eigenvalue weighted by Gasteiger charge is 2.20. The molecule has 0 spiro atoms. The molecular formula is C11H16N2O3. The van der Waals surface area contributed by atoms with Crippen LogP contribution in [0.2, 0.25) is 0 Å². The van der Waals surface area contributed by atoms with Crippen molar-refractivity contribution >= 4 is 11.4 Å². The first-order valence-electron chi connectivity index (χ1n) is 5.18. The number of nitrogens with zero attached hydrogens (tertiary/aromatic N) is 1. The fraction of sp³-hybridized carbons (Fsp3) is 0.455. The number of rotatable bonds is 5. The van der Waals surface area contributed by atoms with E-state index in [0.717, 1.165) is 6.42 Å². The molecule has 0 aliphatic heterocycles. The fourth-order valence-electron chi connectivity index (χ4n) is 1.36. The van der Waals surface area contributed by atoms with Gasteiger partial charge in [0.2, 0.25) is 0 Å². The van der Waals surface area contributed by atoms with E-state index < -0.39 is 4.92 Å². The lowest BCUT2D eigenvalue weighted by atomic mass is 10.2. The molecule has 0 saturated heterocycles. The topological polar surface area (TPSA) is 64.4 Å². The maximum Gasteiger partial charge on any atom is 0.333 e. The minimum Gasteiger partial charge on any atom is -0.490 e. The van der Waals surface area contributed by atoms with E-state index >= 15 is 0 Å². The number of anilines is 1. The van der Waals surface area contributed by atoms with Crippen LogP contribution >= 0.6 is 0 Å². The number of hydrogen-bond donors (Lipinski definition) is 1. The lowest BCUT2D eigenvalue weighted by Crippen LogP contribution is -2.14. The average molecular weight is 224 g/mol. The van der Waals surface area contributed by atoms with Crippen LogP contribution in [0.5, 0.6) is 5.75 Å². The molecule has 88 valence electrons. The van der Waals surface area contributed by atoms with Crippen molar-refractivity contribution in [2.45, 2.75) is 26.3 Å². The first-order valence-corrected chi connectivity index (χ1v) is 5.18. The number of para-hydroxylation sites is 1. The van der Waals surface area contributed by atoms with Crippen LogP contribution in [0.4, 0.5) is 11.4 Å². The lowest BCUT2D eigenvalue weighted by molar-refractivity contribution is -0.384. The zero-order valence-electron chi connectivity index (χ0n) is 9.69. The van der Waals surface area contributed by atoms with Crippen LogP contribution in [0.1, 0.15) is 20.3 Å². The summed E-state index contributed by atoms with van der Waals surface area (Å²) in [6, 6.07) is 5.19. The summed E-state index contributed by atoms with van der Waals surface area (Å²) in [5, 5.41) is 14.1. The highest BCUT2D eigenvalue weighted by Crippen LogP contribution is 2.34. The molecule has 0 radical (unpaired) electrons. The summed E-state index contributed by atoms with van der Waals surface area (Å²) in [6.45, 7) is 3.99. The van der Waals surface area contributed by atoms with E-state index in [-0.39, 0.29) is 17.5 Å². The molecule has 0 saturated carbocycles. The zero-order chi connectivity index (χ0) is 12.1. The Bertz CT molecular complexity index is 379. The van der Waals surface area contributed by atoms with Gasteiger partial charge in [-0.25, -0.2) is 0 Å². The highest BCUT2D eigenvalue weighted by molar-refractivity contribution is 5.68. The van der Waals surface area contributed by atoms with Crippen LogP contribution in [0.15, 0.2) is 18.2 Å². The van der Waals surface area contributed by atoms with Gasteiger partial charge >= 0.3 is 5.69 Å². The van der Waals surface area contributed by atoms with E-state index in [2.05, 4.69) is 5.32 Å². The van der Waals surface area contributed by atoms with E-state index in [1.807, 2.05) is 13.8 Å². The summed E-state index contributed by atoms with van der Waals surface area (Å²) in [7, 11) is 1.43. The molecule has 0 amide bonds. The van der Waals surface area contributed by atoms with Crippen molar-refractivity contribution in [2.75, 3.05) is 12.4 Å². The van der Waals surface area contributed by atoms with Gasteiger partial charge in [-0.15, -0.1) is 0 Å². The quantitative estimate of drug-likeness (QED) is 0.617. The smallest absolute Gasteiger partial charge is 0.333 e. The SMILES string of the molecule is CCC(C)Nc1cccc(OC)c1[N+](=O)[O-]. The van der Waals surface area contributed by atoms with E-state index in [4.69, 9.17) is 4.74 Å². The second-order valence-corrected chi connectivity index (χ2v) is 3.57. The summed E-state index contributed by atoms with van der Waals surface area (Å²) < 4.78 is 4.98. The van der Waals surface area contributed by atoms with Gasteiger partial charge in [-0.05, 0) is 25.5 Å². The summed E-state index contributed by atoms with van der Waals surface area (Å²) in [6.07, 6.45) is 0.897. The maximum absolute atomic E-state index is 11.0. The van der Waals surface area contributed by atoms with Gasteiger partial charge in [-0.3, -0.25) is 10.1 Å². The maximum atomic E-state index is 11.0. The number of ether oxygens (including phenoxy) is 1. The molecule has 1 unspecified atom stereocenters. The molecule has 0 aliphatic carbocycles. The molecule has 1 aromatic carbocycles. The molecule has 16 heavy (non-hydrogen) atoms. The summed E-state index contributed by atoms with van der Waals surface area (Å²) in [4.78, 5) is 10.5. The summed E-state index contributed by atoms with van der Waals surface area (Å²) in [5.41, 5.74) is 0.490. The summed E-state index contributed by atoms with van der Waals surface area (Å²) >= 11 is 0. The normalized spacial score (nSPS) is 11.9. The monoisotopic (exact) mass is 224 g/mol. The number of hydrogen-bond acceptors (Lipinski definition) is 4. The Morgan fingerprint density at radius 1 is 1.56 bits per heavy atom. The predicted molar refractivity (Wildman–Crippen MR) is 63.0 cm³/mol. The van der Waals surface area contributed by atoms with Crippen LogP contribution < -0.4 is 10.1 Å². The number of nitro benzene ring substituents is 1. The molecule has 0 fully saturated rings. The van der Waals surface area contributed by atoms with Crippen LogP contribution in [-0.2, 0) is 0 Å². The van der Waals surface area contributed by atoms with E-state index in [9.17, 15) is 10.1 Å². The molecule has 1 rings (SSSR count).